The Labute approximate surface area is 184 Å². The van der Waals surface area contributed by atoms with Crippen molar-refractivity contribution in [2.75, 3.05) is 49.6 Å². The van der Waals surface area contributed by atoms with Gasteiger partial charge in [-0.25, -0.2) is 0 Å². The highest BCUT2D eigenvalue weighted by molar-refractivity contribution is 6.05. The number of hydrogen-bond acceptors (Lipinski definition) is 4. The molecule has 1 fully saturated rings. The molecule has 2 heterocycles. The van der Waals surface area contributed by atoms with Crippen molar-refractivity contribution >= 4 is 23.2 Å². The second-order valence-corrected chi connectivity index (χ2v) is 9.24. The first kappa shape index (κ1) is 21.5. The molecule has 164 valence electrons. The van der Waals surface area contributed by atoms with Gasteiger partial charge in [0.15, 0.2) is 0 Å². The van der Waals surface area contributed by atoms with Gasteiger partial charge in [-0.3, -0.25) is 14.5 Å². The second kappa shape index (κ2) is 8.44. The van der Waals surface area contributed by atoms with E-state index in [4.69, 9.17) is 4.74 Å². The lowest BCUT2D eigenvalue weighted by atomic mass is 9.87. The zero-order valence-electron chi connectivity index (χ0n) is 18.8. The van der Waals surface area contributed by atoms with Gasteiger partial charge < -0.3 is 15.0 Å². The molecule has 31 heavy (non-hydrogen) atoms. The fourth-order valence-electron chi connectivity index (χ4n) is 4.32. The van der Waals surface area contributed by atoms with Crippen LogP contribution >= 0.6 is 0 Å². The first-order valence-electron chi connectivity index (χ1n) is 10.9. The first-order chi connectivity index (χ1) is 14.7. The smallest absolute Gasteiger partial charge is 0.255 e. The van der Waals surface area contributed by atoms with E-state index in [1.54, 1.807) is 0 Å². The van der Waals surface area contributed by atoms with Crippen molar-refractivity contribution in [3.05, 3.63) is 58.7 Å². The molecule has 0 aliphatic carbocycles. The molecule has 6 nitrogen and oxygen atoms in total. The number of ether oxygens (including phenoxy) is 1. The molecule has 2 aliphatic rings. The lowest BCUT2D eigenvalue weighted by Crippen LogP contribution is -2.45. The molecule has 4 rings (SSSR count). The maximum absolute atomic E-state index is 13.1. The SMILES string of the molecule is Cc1ccc(C(=O)Nc2ccc3c(c2)N(C(=O)CN2CCOCC2)CC3(C)C)cc1C. The van der Waals surface area contributed by atoms with Gasteiger partial charge >= 0.3 is 0 Å². The lowest BCUT2D eigenvalue weighted by Gasteiger charge is -2.28. The van der Waals surface area contributed by atoms with Crippen molar-refractivity contribution in [3.8, 4) is 0 Å². The highest BCUT2D eigenvalue weighted by Crippen LogP contribution is 2.42. The number of rotatable bonds is 4. The van der Waals surface area contributed by atoms with E-state index >= 15 is 0 Å². The van der Waals surface area contributed by atoms with Crippen LogP contribution < -0.4 is 10.2 Å². The lowest BCUT2D eigenvalue weighted by molar-refractivity contribution is -0.120. The van der Waals surface area contributed by atoms with Crippen LogP contribution in [0, 0.1) is 13.8 Å². The zero-order valence-corrected chi connectivity index (χ0v) is 18.8. The van der Waals surface area contributed by atoms with Crippen LogP contribution in [0.3, 0.4) is 0 Å². The number of nitrogens with one attached hydrogen (secondary N) is 1. The van der Waals surface area contributed by atoms with Gasteiger partial charge in [0.25, 0.3) is 5.91 Å². The number of nitrogens with zero attached hydrogens (tertiary/aromatic N) is 2. The highest BCUT2D eigenvalue weighted by Gasteiger charge is 2.38. The molecular formula is C25H31N3O3. The van der Waals surface area contributed by atoms with Crippen molar-refractivity contribution in [1.29, 1.82) is 0 Å². The van der Waals surface area contributed by atoms with Gasteiger partial charge in [0.2, 0.25) is 5.91 Å². The van der Waals surface area contributed by atoms with Gasteiger partial charge in [0.05, 0.1) is 19.8 Å². The van der Waals surface area contributed by atoms with Crippen LogP contribution in [-0.4, -0.2) is 56.1 Å². The van der Waals surface area contributed by atoms with E-state index in [1.165, 1.54) is 0 Å². The average Bonchev–Trinajstić information content (AvgIpc) is 3.01. The summed E-state index contributed by atoms with van der Waals surface area (Å²) in [6.45, 7) is 12.3. The number of aryl methyl sites for hydroxylation is 2. The molecule has 0 saturated carbocycles. The van der Waals surface area contributed by atoms with Gasteiger partial charge in [-0.2, -0.15) is 0 Å². The van der Waals surface area contributed by atoms with E-state index in [1.807, 2.05) is 55.1 Å². The number of fused-ring (bicyclic) bond motifs is 1. The predicted octanol–water partition coefficient (Wildman–Crippen LogP) is 3.51. The third-order valence-corrected chi connectivity index (χ3v) is 6.36. The number of carbonyl (C=O) groups is 2. The van der Waals surface area contributed by atoms with Crippen molar-refractivity contribution in [2.45, 2.75) is 33.1 Å². The normalized spacial score (nSPS) is 18.0. The third kappa shape index (κ3) is 4.50. The Balaban J connectivity index is 1.55. The molecular weight excluding hydrogens is 390 g/mol. The second-order valence-electron chi connectivity index (χ2n) is 9.24. The Morgan fingerprint density at radius 1 is 1.03 bits per heavy atom. The number of anilines is 2. The molecule has 2 amide bonds. The van der Waals surface area contributed by atoms with Crippen LogP contribution in [0.15, 0.2) is 36.4 Å². The molecule has 0 aromatic heterocycles. The summed E-state index contributed by atoms with van der Waals surface area (Å²) < 4.78 is 5.39. The third-order valence-electron chi connectivity index (χ3n) is 6.36. The largest absolute Gasteiger partial charge is 0.379 e. The molecule has 0 atom stereocenters. The van der Waals surface area contributed by atoms with Crippen molar-refractivity contribution < 1.29 is 14.3 Å². The summed E-state index contributed by atoms with van der Waals surface area (Å²) >= 11 is 0. The minimum atomic E-state index is -0.147. The summed E-state index contributed by atoms with van der Waals surface area (Å²) in [6, 6.07) is 11.6. The molecule has 0 unspecified atom stereocenters. The summed E-state index contributed by atoms with van der Waals surface area (Å²) in [4.78, 5) is 29.9. The Morgan fingerprint density at radius 3 is 2.48 bits per heavy atom. The van der Waals surface area contributed by atoms with E-state index in [9.17, 15) is 9.59 Å². The minimum absolute atomic E-state index is 0.0892. The van der Waals surface area contributed by atoms with E-state index in [-0.39, 0.29) is 17.2 Å². The van der Waals surface area contributed by atoms with Crippen LogP contribution in [0.1, 0.15) is 40.9 Å². The first-order valence-corrected chi connectivity index (χ1v) is 10.9. The van der Waals surface area contributed by atoms with E-state index < -0.39 is 0 Å². The Hall–Kier alpha value is -2.70. The maximum Gasteiger partial charge on any atom is 0.255 e. The summed E-state index contributed by atoms with van der Waals surface area (Å²) in [5.74, 6) is -0.0575. The van der Waals surface area contributed by atoms with Crippen molar-refractivity contribution in [1.82, 2.24) is 4.90 Å². The fourth-order valence-corrected chi connectivity index (χ4v) is 4.32. The zero-order chi connectivity index (χ0) is 22.2. The summed E-state index contributed by atoms with van der Waals surface area (Å²) in [5, 5.41) is 3.00. The molecule has 2 aromatic carbocycles. The monoisotopic (exact) mass is 421 g/mol. The Bertz CT molecular complexity index is 1010. The topological polar surface area (TPSA) is 61.9 Å². The maximum atomic E-state index is 13.1. The van der Waals surface area contributed by atoms with E-state index in [0.29, 0.717) is 37.6 Å². The van der Waals surface area contributed by atoms with Crippen LogP contribution in [0.4, 0.5) is 11.4 Å². The molecule has 2 aliphatic heterocycles. The highest BCUT2D eigenvalue weighted by atomic mass is 16.5. The summed E-state index contributed by atoms with van der Waals surface area (Å²) in [5.41, 5.74) is 5.46. The van der Waals surface area contributed by atoms with Crippen LogP contribution in [-0.2, 0) is 14.9 Å². The van der Waals surface area contributed by atoms with Gasteiger partial charge in [0.1, 0.15) is 0 Å². The van der Waals surface area contributed by atoms with Gasteiger partial charge in [0, 0.05) is 42.0 Å². The molecule has 1 saturated heterocycles. The summed E-state index contributed by atoms with van der Waals surface area (Å²) in [7, 11) is 0. The fraction of sp³-hybridized carbons (Fsp3) is 0.440. The van der Waals surface area contributed by atoms with Gasteiger partial charge in [-0.1, -0.05) is 26.0 Å². The predicted molar refractivity (Wildman–Crippen MR) is 123 cm³/mol. The average molecular weight is 422 g/mol. The summed E-state index contributed by atoms with van der Waals surface area (Å²) in [6.07, 6.45) is 0. The number of hydrogen-bond donors (Lipinski definition) is 1. The number of benzene rings is 2. The number of carbonyl (C=O) groups excluding carboxylic acids is 2. The van der Waals surface area contributed by atoms with Gasteiger partial charge in [-0.15, -0.1) is 0 Å². The quantitative estimate of drug-likeness (QED) is 0.821. The molecule has 1 N–H and O–H groups in total. The standard InChI is InChI=1S/C25H31N3O3/c1-17-5-6-19(13-18(17)2)24(30)26-20-7-8-21-22(14-20)28(16-25(21,3)4)23(29)15-27-9-11-31-12-10-27/h5-8,13-14H,9-12,15-16H2,1-4H3,(H,26,30). The Morgan fingerprint density at radius 2 is 1.77 bits per heavy atom. The Kier molecular flexibility index (Phi) is 5.86. The molecule has 0 spiro atoms. The number of morpholine rings is 1. The van der Waals surface area contributed by atoms with E-state index in [2.05, 4.69) is 24.1 Å². The number of amides is 2. The van der Waals surface area contributed by atoms with Gasteiger partial charge in [-0.05, 0) is 54.8 Å². The molecule has 6 heteroatoms. The molecule has 2 aromatic rings. The van der Waals surface area contributed by atoms with E-state index in [0.717, 1.165) is 35.5 Å². The molecule has 0 radical (unpaired) electrons. The van der Waals surface area contributed by atoms with Crippen molar-refractivity contribution in [2.24, 2.45) is 0 Å². The van der Waals surface area contributed by atoms with Crippen LogP contribution in [0.2, 0.25) is 0 Å². The molecule has 0 bridgehead atoms. The van der Waals surface area contributed by atoms with Crippen LogP contribution in [0.5, 0.6) is 0 Å². The minimum Gasteiger partial charge on any atom is -0.379 e. The van der Waals surface area contributed by atoms with Crippen molar-refractivity contribution in [3.63, 3.8) is 0 Å². The van der Waals surface area contributed by atoms with Crippen LogP contribution in [0.25, 0.3) is 0 Å².